The first-order chi connectivity index (χ1) is 9.69. The minimum absolute atomic E-state index is 0.184. The van der Waals surface area contributed by atoms with Crippen molar-refractivity contribution in [3.05, 3.63) is 35.4 Å². The Morgan fingerprint density at radius 2 is 2.00 bits per heavy atom. The average molecular weight is 271 g/mol. The molecule has 0 bridgehead atoms. The SMILES string of the molecule is CN1C[C@H]2CNC[C@@]2(C(=O)N2Cc3ccccc3C2)C1. The van der Waals surface area contributed by atoms with Crippen molar-refractivity contribution in [2.24, 2.45) is 11.3 Å². The number of amides is 1. The maximum absolute atomic E-state index is 13.1. The fraction of sp³-hybridized carbons (Fsp3) is 0.562. The van der Waals surface area contributed by atoms with Crippen molar-refractivity contribution in [3.8, 4) is 0 Å². The number of carbonyl (C=O) groups excluding carboxylic acids is 1. The van der Waals surface area contributed by atoms with Crippen molar-refractivity contribution in [3.63, 3.8) is 0 Å². The van der Waals surface area contributed by atoms with Crippen LogP contribution in [0.15, 0.2) is 24.3 Å². The summed E-state index contributed by atoms with van der Waals surface area (Å²) >= 11 is 0. The van der Waals surface area contributed by atoms with Gasteiger partial charge in [0.05, 0.1) is 5.41 Å². The fourth-order valence-electron chi connectivity index (χ4n) is 4.27. The van der Waals surface area contributed by atoms with E-state index >= 15 is 0 Å². The largest absolute Gasteiger partial charge is 0.333 e. The molecule has 2 atom stereocenters. The summed E-state index contributed by atoms with van der Waals surface area (Å²) in [5.74, 6) is 0.830. The number of hydrogen-bond acceptors (Lipinski definition) is 3. The van der Waals surface area contributed by atoms with Crippen LogP contribution in [0.3, 0.4) is 0 Å². The van der Waals surface area contributed by atoms with E-state index in [1.807, 2.05) is 0 Å². The summed E-state index contributed by atoms with van der Waals surface area (Å²) in [4.78, 5) is 17.5. The second-order valence-corrected chi connectivity index (χ2v) is 6.61. The lowest BCUT2D eigenvalue weighted by Gasteiger charge is -2.31. The van der Waals surface area contributed by atoms with Crippen molar-refractivity contribution >= 4 is 5.91 Å². The Kier molecular flexibility index (Phi) is 2.66. The standard InChI is InChI=1S/C16H21N3O/c1-18-9-14-6-17-10-16(14,11-18)15(20)19-7-12-4-2-3-5-13(12)8-19/h2-5,14,17H,6-11H2,1H3/t14-,16-/m1/s1. The molecular formula is C16H21N3O. The lowest BCUT2D eigenvalue weighted by molar-refractivity contribution is -0.142. The van der Waals surface area contributed by atoms with E-state index in [9.17, 15) is 4.79 Å². The highest BCUT2D eigenvalue weighted by Gasteiger charge is 2.55. The normalized spacial score (nSPS) is 32.5. The first-order valence-electron chi connectivity index (χ1n) is 7.44. The van der Waals surface area contributed by atoms with Crippen molar-refractivity contribution in [2.45, 2.75) is 13.1 Å². The van der Waals surface area contributed by atoms with Crippen LogP contribution in [0.1, 0.15) is 11.1 Å². The molecule has 1 aromatic carbocycles. The molecule has 0 spiro atoms. The lowest BCUT2D eigenvalue weighted by Crippen LogP contribution is -2.47. The number of carbonyl (C=O) groups is 1. The molecule has 3 aliphatic heterocycles. The zero-order valence-corrected chi connectivity index (χ0v) is 11.9. The quantitative estimate of drug-likeness (QED) is 0.816. The number of hydrogen-bond donors (Lipinski definition) is 1. The van der Waals surface area contributed by atoms with Gasteiger partial charge in [0.15, 0.2) is 0 Å². The number of likely N-dealkylation sites (tertiary alicyclic amines) is 1. The van der Waals surface area contributed by atoms with Crippen LogP contribution in [0.5, 0.6) is 0 Å². The molecule has 3 aliphatic rings. The van der Waals surface area contributed by atoms with Gasteiger partial charge < -0.3 is 15.1 Å². The third-order valence-corrected chi connectivity index (χ3v) is 5.25. The van der Waals surface area contributed by atoms with Crippen LogP contribution in [0, 0.1) is 11.3 Å². The van der Waals surface area contributed by atoms with Gasteiger partial charge in [-0.25, -0.2) is 0 Å². The summed E-state index contributed by atoms with van der Waals surface area (Å²) in [6, 6.07) is 8.42. The van der Waals surface area contributed by atoms with Crippen molar-refractivity contribution < 1.29 is 4.79 Å². The predicted octanol–water partition coefficient (Wildman–Crippen LogP) is 0.680. The van der Waals surface area contributed by atoms with Gasteiger partial charge in [-0.3, -0.25) is 4.79 Å². The Bertz CT molecular complexity index is 533. The molecule has 0 radical (unpaired) electrons. The van der Waals surface area contributed by atoms with Crippen LogP contribution in [0.25, 0.3) is 0 Å². The maximum atomic E-state index is 13.1. The highest BCUT2D eigenvalue weighted by molar-refractivity contribution is 5.85. The van der Waals surface area contributed by atoms with Crippen LogP contribution in [-0.2, 0) is 17.9 Å². The smallest absolute Gasteiger partial charge is 0.232 e. The molecule has 1 N–H and O–H groups in total. The number of rotatable bonds is 1. The number of nitrogens with zero attached hydrogens (tertiary/aromatic N) is 2. The van der Waals surface area contributed by atoms with Crippen LogP contribution >= 0.6 is 0 Å². The van der Waals surface area contributed by atoms with E-state index in [1.54, 1.807) is 0 Å². The number of nitrogens with one attached hydrogen (secondary N) is 1. The summed E-state index contributed by atoms with van der Waals surface area (Å²) in [5, 5.41) is 3.44. The monoisotopic (exact) mass is 271 g/mol. The molecule has 1 aromatic rings. The highest BCUT2D eigenvalue weighted by Crippen LogP contribution is 2.41. The van der Waals surface area contributed by atoms with E-state index in [0.29, 0.717) is 11.8 Å². The average Bonchev–Trinajstić information content (AvgIpc) is 3.08. The summed E-state index contributed by atoms with van der Waals surface area (Å²) in [6.45, 7) is 5.33. The van der Waals surface area contributed by atoms with Crippen LogP contribution in [-0.4, -0.2) is 48.9 Å². The fourth-order valence-corrected chi connectivity index (χ4v) is 4.27. The van der Waals surface area contributed by atoms with Crippen molar-refractivity contribution in [2.75, 3.05) is 33.2 Å². The van der Waals surface area contributed by atoms with E-state index in [2.05, 4.69) is 46.4 Å². The van der Waals surface area contributed by atoms with Crippen LogP contribution in [0.2, 0.25) is 0 Å². The summed E-state index contributed by atoms with van der Waals surface area (Å²) in [5.41, 5.74) is 2.44. The molecule has 4 nitrogen and oxygen atoms in total. The van der Waals surface area contributed by atoms with Gasteiger partial charge in [0.1, 0.15) is 0 Å². The third-order valence-electron chi connectivity index (χ3n) is 5.25. The Morgan fingerprint density at radius 3 is 2.70 bits per heavy atom. The van der Waals surface area contributed by atoms with E-state index in [0.717, 1.165) is 39.3 Å². The van der Waals surface area contributed by atoms with Gasteiger partial charge in [-0.1, -0.05) is 24.3 Å². The summed E-state index contributed by atoms with van der Waals surface area (Å²) in [7, 11) is 2.13. The molecule has 0 aliphatic carbocycles. The molecule has 106 valence electrons. The van der Waals surface area contributed by atoms with Gasteiger partial charge >= 0.3 is 0 Å². The zero-order valence-electron chi connectivity index (χ0n) is 11.9. The van der Waals surface area contributed by atoms with Gasteiger partial charge in [-0.05, 0) is 18.2 Å². The van der Waals surface area contributed by atoms with Crippen molar-refractivity contribution in [1.82, 2.24) is 15.1 Å². The Balaban J connectivity index is 1.60. The molecule has 0 saturated carbocycles. The topological polar surface area (TPSA) is 35.6 Å². The lowest BCUT2D eigenvalue weighted by atomic mass is 9.79. The Labute approximate surface area is 119 Å². The van der Waals surface area contributed by atoms with E-state index in [-0.39, 0.29) is 5.41 Å². The molecule has 4 heteroatoms. The molecule has 4 rings (SSSR count). The Morgan fingerprint density at radius 1 is 1.30 bits per heavy atom. The van der Waals surface area contributed by atoms with E-state index < -0.39 is 0 Å². The van der Waals surface area contributed by atoms with Gasteiger partial charge in [-0.15, -0.1) is 0 Å². The number of benzene rings is 1. The van der Waals surface area contributed by atoms with E-state index in [4.69, 9.17) is 0 Å². The minimum Gasteiger partial charge on any atom is -0.333 e. The molecule has 0 aromatic heterocycles. The molecule has 0 unspecified atom stereocenters. The molecular weight excluding hydrogens is 250 g/mol. The van der Waals surface area contributed by atoms with Gasteiger partial charge in [0.25, 0.3) is 0 Å². The predicted molar refractivity (Wildman–Crippen MR) is 77.0 cm³/mol. The van der Waals surface area contributed by atoms with Gasteiger partial charge in [0.2, 0.25) is 5.91 Å². The van der Waals surface area contributed by atoms with Crippen molar-refractivity contribution in [1.29, 1.82) is 0 Å². The second kappa shape index (κ2) is 4.30. The second-order valence-electron chi connectivity index (χ2n) is 6.61. The van der Waals surface area contributed by atoms with Gasteiger partial charge in [0, 0.05) is 45.2 Å². The third kappa shape index (κ3) is 1.64. The molecule has 3 heterocycles. The highest BCUT2D eigenvalue weighted by atomic mass is 16.2. The van der Waals surface area contributed by atoms with Crippen LogP contribution < -0.4 is 5.32 Å². The summed E-state index contributed by atoms with van der Waals surface area (Å²) in [6.07, 6.45) is 0. The first kappa shape index (κ1) is 12.4. The molecule has 2 fully saturated rings. The summed E-state index contributed by atoms with van der Waals surface area (Å²) < 4.78 is 0. The number of fused-ring (bicyclic) bond motifs is 2. The Hall–Kier alpha value is -1.39. The minimum atomic E-state index is -0.184. The molecule has 1 amide bonds. The molecule has 2 saturated heterocycles. The van der Waals surface area contributed by atoms with E-state index in [1.165, 1.54) is 11.1 Å². The van der Waals surface area contributed by atoms with Gasteiger partial charge in [-0.2, -0.15) is 0 Å². The maximum Gasteiger partial charge on any atom is 0.232 e. The first-order valence-corrected chi connectivity index (χ1v) is 7.44. The van der Waals surface area contributed by atoms with Crippen LogP contribution in [0.4, 0.5) is 0 Å². The zero-order chi connectivity index (χ0) is 13.7. The molecule has 20 heavy (non-hydrogen) atoms.